The first-order chi connectivity index (χ1) is 11.1. The molecule has 0 amide bonds. The van der Waals surface area contributed by atoms with Gasteiger partial charge in [-0.2, -0.15) is 0 Å². The second kappa shape index (κ2) is 7.45. The van der Waals surface area contributed by atoms with E-state index in [1.54, 1.807) is 42.5 Å². The zero-order valence-electron chi connectivity index (χ0n) is 13.1. The van der Waals surface area contributed by atoms with Crippen molar-refractivity contribution in [3.8, 4) is 11.5 Å². The summed E-state index contributed by atoms with van der Waals surface area (Å²) in [7, 11) is 4.19. The predicted octanol–water partition coefficient (Wildman–Crippen LogP) is 3.80. The van der Waals surface area contributed by atoms with Crippen LogP contribution in [0.15, 0.2) is 36.4 Å². The van der Waals surface area contributed by atoms with Crippen LogP contribution in [0.1, 0.15) is 21.5 Å². The van der Waals surface area contributed by atoms with Crippen LogP contribution in [-0.2, 0) is 4.74 Å². The standard InChI is InChI=1S/C18H17FO4/c1-21-15-9-10-16(22-2)17(19)14(15)8-7-12-5-4-6-13(11-12)18(20)23-3/h4-11H,1-3H3. The molecule has 0 aliphatic rings. The van der Waals surface area contributed by atoms with Gasteiger partial charge >= 0.3 is 5.97 Å². The molecule has 0 atom stereocenters. The molecule has 120 valence electrons. The molecular weight excluding hydrogens is 299 g/mol. The topological polar surface area (TPSA) is 44.8 Å². The summed E-state index contributed by atoms with van der Waals surface area (Å²) >= 11 is 0. The fourth-order valence-electron chi connectivity index (χ4n) is 2.11. The van der Waals surface area contributed by atoms with Gasteiger partial charge in [0.15, 0.2) is 11.6 Å². The molecule has 0 fully saturated rings. The van der Waals surface area contributed by atoms with Gasteiger partial charge in [0.25, 0.3) is 0 Å². The third kappa shape index (κ3) is 3.69. The quantitative estimate of drug-likeness (QED) is 0.622. The number of carbonyl (C=O) groups excluding carboxylic acids is 1. The van der Waals surface area contributed by atoms with Gasteiger partial charge in [0.1, 0.15) is 5.75 Å². The molecule has 0 radical (unpaired) electrons. The lowest BCUT2D eigenvalue weighted by Gasteiger charge is -2.09. The second-order valence-electron chi connectivity index (χ2n) is 4.65. The molecule has 2 aromatic carbocycles. The number of methoxy groups -OCH3 is 3. The van der Waals surface area contributed by atoms with E-state index in [0.717, 1.165) is 5.56 Å². The van der Waals surface area contributed by atoms with Crippen LogP contribution in [0.25, 0.3) is 12.2 Å². The maximum absolute atomic E-state index is 14.4. The van der Waals surface area contributed by atoms with E-state index in [9.17, 15) is 9.18 Å². The Kier molecular flexibility index (Phi) is 5.36. The highest BCUT2D eigenvalue weighted by molar-refractivity contribution is 5.90. The Hall–Kier alpha value is -2.82. The SMILES string of the molecule is COC(=O)c1cccc(C=Cc2c(OC)ccc(OC)c2F)c1. The molecule has 0 spiro atoms. The Morgan fingerprint density at radius 2 is 1.70 bits per heavy atom. The van der Waals surface area contributed by atoms with Crippen molar-refractivity contribution < 1.29 is 23.4 Å². The molecule has 5 heteroatoms. The van der Waals surface area contributed by atoms with Gasteiger partial charge in [-0.15, -0.1) is 0 Å². The van der Waals surface area contributed by atoms with E-state index in [-0.39, 0.29) is 11.3 Å². The van der Waals surface area contributed by atoms with E-state index >= 15 is 0 Å². The van der Waals surface area contributed by atoms with Gasteiger partial charge in [0.05, 0.1) is 32.5 Å². The van der Waals surface area contributed by atoms with E-state index in [4.69, 9.17) is 9.47 Å². The molecule has 0 heterocycles. The Morgan fingerprint density at radius 3 is 2.35 bits per heavy atom. The maximum atomic E-state index is 14.4. The highest BCUT2D eigenvalue weighted by Crippen LogP contribution is 2.30. The number of rotatable bonds is 5. The summed E-state index contributed by atoms with van der Waals surface area (Å²) in [6, 6.07) is 9.97. The van der Waals surface area contributed by atoms with Crippen LogP contribution in [0.2, 0.25) is 0 Å². The van der Waals surface area contributed by atoms with Gasteiger partial charge in [-0.25, -0.2) is 9.18 Å². The Bertz CT molecular complexity index is 738. The van der Waals surface area contributed by atoms with Crippen LogP contribution < -0.4 is 9.47 Å². The summed E-state index contributed by atoms with van der Waals surface area (Å²) in [5.41, 5.74) is 1.43. The van der Waals surface area contributed by atoms with Gasteiger partial charge in [0.2, 0.25) is 0 Å². The van der Waals surface area contributed by atoms with Crippen LogP contribution >= 0.6 is 0 Å². The van der Waals surface area contributed by atoms with Gasteiger partial charge in [-0.1, -0.05) is 18.2 Å². The number of benzene rings is 2. The van der Waals surface area contributed by atoms with Crippen molar-refractivity contribution in [1.82, 2.24) is 0 Å². The smallest absolute Gasteiger partial charge is 0.337 e. The molecule has 0 saturated carbocycles. The second-order valence-corrected chi connectivity index (χ2v) is 4.65. The van der Waals surface area contributed by atoms with E-state index in [1.165, 1.54) is 27.4 Å². The molecule has 0 unspecified atom stereocenters. The van der Waals surface area contributed by atoms with Gasteiger partial charge in [-0.3, -0.25) is 0 Å². The fraction of sp³-hybridized carbons (Fsp3) is 0.167. The summed E-state index contributed by atoms with van der Waals surface area (Å²) in [4.78, 5) is 11.5. The highest BCUT2D eigenvalue weighted by atomic mass is 19.1. The molecule has 4 nitrogen and oxygen atoms in total. The number of halogens is 1. The number of esters is 1. The lowest BCUT2D eigenvalue weighted by molar-refractivity contribution is 0.0600. The van der Waals surface area contributed by atoms with E-state index < -0.39 is 11.8 Å². The molecule has 2 aromatic rings. The van der Waals surface area contributed by atoms with Crippen LogP contribution in [0.3, 0.4) is 0 Å². The molecule has 0 aliphatic heterocycles. The zero-order valence-corrected chi connectivity index (χ0v) is 13.1. The highest BCUT2D eigenvalue weighted by Gasteiger charge is 2.12. The van der Waals surface area contributed by atoms with Crippen LogP contribution in [-0.4, -0.2) is 27.3 Å². The average molecular weight is 316 g/mol. The summed E-state index contributed by atoms with van der Waals surface area (Å²) < 4.78 is 29.2. The number of carbonyl (C=O) groups is 1. The van der Waals surface area contributed by atoms with Crippen molar-refractivity contribution in [2.75, 3.05) is 21.3 Å². The molecule has 0 aromatic heterocycles. The minimum absolute atomic E-state index is 0.133. The van der Waals surface area contributed by atoms with Crippen molar-refractivity contribution in [1.29, 1.82) is 0 Å². The van der Waals surface area contributed by atoms with Gasteiger partial charge in [0, 0.05) is 0 Å². The normalized spacial score (nSPS) is 10.6. The van der Waals surface area contributed by atoms with E-state index in [0.29, 0.717) is 11.3 Å². The number of ether oxygens (including phenoxy) is 3. The largest absolute Gasteiger partial charge is 0.496 e. The lowest BCUT2D eigenvalue weighted by Crippen LogP contribution is -2.00. The Balaban J connectivity index is 2.39. The van der Waals surface area contributed by atoms with Gasteiger partial charge < -0.3 is 14.2 Å². The molecule has 2 rings (SSSR count). The summed E-state index contributed by atoms with van der Waals surface area (Å²) in [6.07, 6.45) is 3.26. The monoisotopic (exact) mass is 316 g/mol. The van der Waals surface area contributed by atoms with Crippen molar-refractivity contribution in [2.45, 2.75) is 0 Å². The molecule has 0 N–H and O–H groups in total. The number of hydrogen-bond acceptors (Lipinski definition) is 4. The minimum Gasteiger partial charge on any atom is -0.496 e. The minimum atomic E-state index is -0.507. The van der Waals surface area contributed by atoms with Crippen molar-refractivity contribution in [2.24, 2.45) is 0 Å². The average Bonchev–Trinajstić information content (AvgIpc) is 2.59. The Morgan fingerprint density at radius 1 is 1.00 bits per heavy atom. The third-order valence-electron chi connectivity index (χ3n) is 3.29. The van der Waals surface area contributed by atoms with Crippen molar-refractivity contribution in [3.05, 3.63) is 58.9 Å². The van der Waals surface area contributed by atoms with Crippen LogP contribution in [0.4, 0.5) is 4.39 Å². The molecule has 23 heavy (non-hydrogen) atoms. The molecule has 0 aliphatic carbocycles. The van der Waals surface area contributed by atoms with Crippen molar-refractivity contribution >= 4 is 18.1 Å². The van der Waals surface area contributed by atoms with E-state index in [1.807, 2.05) is 0 Å². The maximum Gasteiger partial charge on any atom is 0.337 e. The van der Waals surface area contributed by atoms with Crippen LogP contribution in [0, 0.1) is 5.82 Å². The third-order valence-corrected chi connectivity index (χ3v) is 3.29. The first-order valence-corrected chi connectivity index (χ1v) is 6.87. The van der Waals surface area contributed by atoms with Gasteiger partial charge in [-0.05, 0) is 35.9 Å². The first-order valence-electron chi connectivity index (χ1n) is 6.87. The number of hydrogen-bond donors (Lipinski definition) is 0. The summed E-state index contributed by atoms with van der Waals surface area (Å²) in [5.74, 6) is -0.407. The lowest BCUT2D eigenvalue weighted by atomic mass is 10.1. The molecule has 0 bridgehead atoms. The summed E-state index contributed by atoms with van der Waals surface area (Å²) in [6.45, 7) is 0. The van der Waals surface area contributed by atoms with Crippen LogP contribution in [0.5, 0.6) is 11.5 Å². The van der Waals surface area contributed by atoms with E-state index in [2.05, 4.69) is 4.74 Å². The first kappa shape index (κ1) is 16.5. The molecular formula is C18H17FO4. The Labute approximate surface area is 134 Å². The zero-order chi connectivity index (χ0) is 16.8. The summed E-state index contributed by atoms with van der Waals surface area (Å²) in [5, 5.41) is 0. The molecule has 0 saturated heterocycles. The fourth-order valence-corrected chi connectivity index (χ4v) is 2.11. The van der Waals surface area contributed by atoms with Crippen molar-refractivity contribution in [3.63, 3.8) is 0 Å². The predicted molar refractivity (Wildman–Crippen MR) is 86.2 cm³/mol.